The lowest BCUT2D eigenvalue weighted by atomic mass is 10.1. The third-order valence-corrected chi connectivity index (χ3v) is 5.26. The van der Waals surface area contributed by atoms with Crippen LogP contribution in [0.2, 0.25) is 0 Å². The van der Waals surface area contributed by atoms with E-state index in [1.54, 1.807) is 37.4 Å². The van der Waals surface area contributed by atoms with E-state index in [0.29, 0.717) is 29.5 Å². The van der Waals surface area contributed by atoms with Crippen molar-refractivity contribution in [3.8, 4) is 5.69 Å². The van der Waals surface area contributed by atoms with Gasteiger partial charge in [-0.15, -0.1) is 0 Å². The highest BCUT2D eigenvalue weighted by atomic mass is 19.1. The molecular formula is C22H18FN7O2. The second-order valence-electron chi connectivity index (χ2n) is 7.34. The minimum absolute atomic E-state index is 0.0270. The van der Waals surface area contributed by atoms with Gasteiger partial charge in [0.2, 0.25) is 5.95 Å². The van der Waals surface area contributed by atoms with Gasteiger partial charge in [0.05, 0.1) is 11.4 Å². The standard InChI is InChI=1S/C22H18FN7O2/c1-12(26-20-17-16(31)7-9-25-19(17)27-22(24)28-20)15-11-29-10-8-14(23)18(29)21(32)30(15)13-5-3-2-4-6-13/h2-6,8,10-11H,7,9H2,1H3,(H3,24,25,27,28). The fourth-order valence-electron chi connectivity index (χ4n) is 3.80. The smallest absolute Gasteiger partial charge is 0.282 e. The molecule has 9 nitrogen and oxygen atoms in total. The van der Waals surface area contributed by atoms with E-state index in [1.807, 2.05) is 6.07 Å². The van der Waals surface area contributed by atoms with Gasteiger partial charge >= 0.3 is 0 Å². The first kappa shape index (κ1) is 19.6. The number of aliphatic imine (C=N–C) groups is 1. The van der Waals surface area contributed by atoms with Gasteiger partial charge in [-0.1, -0.05) is 18.2 Å². The molecule has 4 aromatic rings. The Morgan fingerprint density at radius 1 is 1.19 bits per heavy atom. The fourth-order valence-corrected chi connectivity index (χ4v) is 3.80. The molecule has 160 valence electrons. The average molecular weight is 431 g/mol. The number of para-hydroxylation sites is 1. The third-order valence-electron chi connectivity index (χ3n) is 5.26. The number of carbonyl (C=O) groups excluding carboxylic acids is 1. The fraction of sp³-hybridized carbons (Fsp3) is 0.136. The summed E-state index contributed by atoms with van der Waals surface area (Å²) in [6.45, 7) is 2.14. The number of nitrogens with one attached hydrogen (secondary N) is 1. The highest BCUT2D eigenvalue weighted by Gasteiger charge is 2.25. The molecule has 5 rings (SSSR count). The van der Waals surface area contributed by atoms with Crippen LogP contribution in [0.15, 0.2) is 58.6 Å². The van der Waals surface area contributed by atoms with E-state index < -0.39 is 11.4 Å². The van der Waals surface area contributed by atoms with Crippen molar-refractivity contribution in [2.24, 2.45) is 4.99 Å². The van der Waals surface area contributed by atoms with Crippen molar-refractivity contribution in [2.45, 2.75) is 13.3 Å². The van der Waals surface area contributed by atoms with Crippen molar-refractivity contribution in [3.63, 3.8) is 0 Å². The molecule has 32 heavy (non-hydrogen) atoms. The lowest BCUT2D eigenvalue weighted by molar-refractivity contribution is 0.0983. The maximum Gasteiger partial charge on any atom is 0.282 e. The number of halogens is 1. The van der Waals surface area contributed by atoms with Crippen LogP contribution in [-0.4, -0.2) is 37.0 Å². The summed E-state index contributed by atoms with van der Waals surface area (Å²) in [6.07, 6.45) is 3.37. The molecule has 0 saturated heterocycles. The highest BCUT2D eigenvalue weighted by Crippen LogP contribution is 2.29. The predicted molar refractivity (Wildman–Crippen MR) is 119 cm³/mol. The zero-order valence-corrected chi connectivity index (χ0v) is 17.0. The highest BCUT2D eigenvalue weighted by molar-refractivity contribution is 6.08. The number of aromatic nitrogens is 4. The number of nitrogens with zero attached hydrogens (tertiary/aromatic N) is 5. The zero-order chi connectivity index (χ0) is 22.4. The van der Waals surface area contributed by atoms with E-state index >= 15 is 0 Å². The Kier molecular flexibility index (Phi) is 4.54. The number of carbonyl (C=O) groups is 1. The lowest BCUT2D eigenvalue weighted by Crippen LogP contribution is -2.26. The Labute approximate surface area is 181 Å². The van der Waals surface area contributed by atoms with Gasteiger partial charge in [0.25, 0.3) is 5.56 Å². The maximum atomic E-state index is 14.3. The van der Waals surface area contributed by atoms with Gasteiger partial charge in [0.15, 0.2) is 17.4 Å². The molecule has 0 amide bonds. The van der Waals surface area contributed by atoms with E-state index in [1.165, 1.54) is 21.2 Å². The molecule has 0 fully saturated rings. The maximum absolute atomic E-state index is 14.3. The number of nitrogens with two attached hydrogens (primary N) is 1. The topological polar surface area (TPSA) is 120 Å². The van der Waals surface area contributed by atoms with Gasteiger partial charge in [-0.2, -0.15) is 9.97 Å². The second-order valence-corrected chi connectivity index (χ2v) is 7.34. The molecule has 10 heteroatoms. The summed E-state index contributed by atoms with van der Waals surface area (Å²) in [5.74, 6) is -0.332. The van der Waals surface area contributed by atoms with Gasteiger partial charge < -0.3 is 15.5 Å². The first-order chi connectivity index (χ1) is 15.4. The monoisotopic (exact) mass is 431 g/mol. The quantitative estimate of drug-likeness (QED) is 0.482. The van der Waals surface area contributed by atoms with Gasteiger partial charge in [0.1, 0.15) is 16.9 Å². The largest absolute Gasteiger partial charge is 0.369 e. The van der Waals surface area contributed by atoms with Gasteiger partial charge in [-0.05, 0) is 25.1 Å². The van der Waals surface area contributed by atoms with Crippen LogP contribution in [0.4, 0.5) is 22.0 Å². The molecule has 0 spiro atoms. The van der Waals surface area contributed by atoms with Gasteiger partial charge in [-0.3, -0.25) is 14.2 Å². The molecule has 1 aliphatic heterocycles. The van der Waals surface area contributed by atoms with Crippen LogP contribution in [-0.2, 0) is 0 Å². The van der Waals surface area contributed by atoms with Crippen LogP contribution in [0.1, 0.15) is 29.4 Å². The summed E-state index contributed by atoms with van der Waals surface area (Å²) >= 11 is 0. The molecular weight excluding hydrogens is 413 g/mol. The molecule has 0 radical (unpaired) electrons. The summed E-state index contributed by atoms with van der Waals surface area (Å²) in [5.41, 5.74) is 6.81. The number of hydrogen-bond donors (Lipinski definition) is 2. The SMILES string of the molecule is CC(=Nc1nc(N)nc2c1C(=O)CCN2)c1cn2ccc(F)c2c(=O)n1-c1ccccc1. The number of anilines is 2. The predicted octanol–water partition coefficient (Wildman–Crippen LogP) is 2.74. The minimum atomic E-state index is -0.616. The van der Waals surface area contributed by atoms with Crippen LogP contribution in [0.25, 0.3) is 11.2 Å². The Balaban J connectivity index is 1.78. The number of nitrogen functional groups attached to an aromatic ring is 1. The van der Waals surface area contributed by atoms with Gasteiger partial charge in [-0.25, -0.2) is 9.38 Å². The minimum Gasteiger partial charge on any atom is -0.369 e. The third kappa shape index (κ3) is 3.13. The van der Waals surface area contributed by atoms with Crippen molar-refractivity contribution in [1.82, 2.24) is 18.9 Å². The van der Waals surface area contributed by atoms with Crippen molar-refractivity contribution >= 4 is 34.6 Å². The van der Waals surface area contributed by atoms with E-state index in [0.717, 1.165) is 0 Å². The van der Waals surface area contributed by atoms with Crippen molar-refractivity contribution < 1.29 is 9.18 Å². The van der Waals surface area contributed by atoms with Gasteiger partial charge in [0, 0.05) is 31.0 Å². The Morgan fingerprint density at radius 2 is 1.97 bits per heavy atom. The van der Waals surface area contributed by atoms with E-state index in [9.17, 15) is 14.0 Å². The summed E-state index contributed by atoms with van der Waals surface area (Å²) in [7, 11) is 0. The summed E-state index contributed by atoms with van der Waals surface area (Å²) < 4.78 is 17.1. The molecule has 4 heterocycles. The normalized spacial score (nSPS) is 13.8. The molecule has 0 aliphatic carbocycles. The van der Waals surface area contributed by atoms with Crippen LogP contribution in [0.3, 0.4) is 0 Å². The summed E-state index contributed by atoms with van der Waals surface area (Å²) in [4.78, 5) is 38.6. The van der Waals surface area contributed by atoms with Crippen molar-refractivity contribution in [1.29, 1.82) is 0 Å². The molecule has 0 saturated carbocycles. The molecule has 0 unspecified atom stereocenters. The molecule has 3 N–H and O–H groups in total. The number of fused-ring (bicyclic) bond motifs is 2. The lowest BCUT2D eigenvalue weighted by Gasteiger charge is -2.18. The number of Topliss-reactive ketones (excluding diaryl/α,β-unsaturated/α-hetero) is 1. The average Bonchev–Trinajstić information content (AvgIpc) is 3.15. The molecule has 0 bridgehead atoms. The molecule has 1 aromatic carbocycles. The van der Waals surface area contributed by atoms with Crippen LogP contribution in [0.5, 0.6) is 0 Å². The van der Waals surface area contributed by atoms with Crippen molar-refractivity contribution in [2.75, 3.05) is 17.6 Å². The molecule has 1 aliphatic rings. The summed E-state index contributed by atoms with van der Waals surface area (Å²) in [6, 6.07) is 10.1. The van der Waals surface area contributed by atoms with Crippen LogP contribution in [0, 0.1) is 5.82 Å². The number of hydrogen-bond acceptors (Lipinski definition) is 7. The Morgan fingerprint density at radius 3 is 2.75 bits per heavy atom. The number of ketones is 1. The second kappa shape index (κ2) is 7.41. The van der Waals surface area contributed by atoms with Crippen molar-refractivity contribution in [3.05, 3.63) is 76.2 Å². The van der Waals surface area contributed by atoms with Crippen LogP contribution >= 0.6 is 0 Å². The van der Waals surface area contributed by atoms with Crippen LogP contribution < -0.4 is 16.6 Å². The number of rotatable bonds is 3. The Bertz CT molecular complexity index is 1470. The molecule has 3 aromatic heterocycles. The number of benzene rings is 1. The first-order valence-electron chi connectivity index (χ1n) is 9.92. The summed E-state index contributed by atoms with van der Waals surface area (Å²) in [5, 5.41) is 3.04. The first-order valence-corrected chi connectivity index (χ1v) is 9.92. The molecule has 0 atom stereocenters. The van der Waals surface area contributed by atoms with E-state index in [2.05, 4.69) is 20.3 Å². The zero-order valence-electron chi connectivity index (χ0n) is 17.0. The Hall–Kier alpha value is -4.34. The van der Waals surface area contributed by atoms with E-state index in [4.69, 9.17) is 5.73 Å². The van der Waals surface area contributed by atoms with E-state index in [-0.39, 0.29) is 35.1 Å².